The fraction of sp³-hybridized carbons (Fsp3) is 0.0588. The number of nitrogens with zero attached hydrogens (tertiary/aromatic N) is 1. The number of nitrogens with two attached hydrogens (primary N) is 1. The van der Waals surface area contributed by atoms with Crippen LogP contribution in [0.25, 0.3) is 10.9 Å². The summed E-state index contributed by atoms with van der Waals surface area (Å²) in [5.41, 5.74) is 7.95. The molecule has 0 aliphatic carbocycles. The lowest BCUT2D eigenvalue weighted by atomic mass is 10.1. The maximum absolute atomic E-state index is 12.2. The topological polar surface area (TPSA) is 83.9 Å². The highest BCUT2D eigenvalue weighted by atomic mass is 16.1. The lowest BCUT2D eigenvalue weighted by Crippen LogP contribution is -2.21. The molecule has 1 aromatic heterocycles. The summed E-state index contributed by atoms with van der Waals surface area (Å²) in [6, 6.07) is 18.8. The number of rotatable bonds is 3. The first-order valence-electron chi connectivity index (χ1n) is 6.92. The molecule has 0 saturated heterocycles. The van der Waals surface area contributed by atoms with Crippen LogP contribution in [0.4, 0.5) is 5.69 Å². The third-order valence-corrected chi connectivity index (χ3v) is 3.47. The molecule has 0 amide bonds. The zero-order chi connectivity index (χ0) is 15.5. The Morgan fingerprint density at radius 2 is 1.77 bits per heavy atom. The van der Waals surface area contributed by atoms with E-state index in [2.05, 4.69) is 5.32 Å². The molecule has 5 heteroatoms. The number of benzene rings is 2. The largest absolute Gasteiger partial charge is 0.370 e. The van der Waals surface area contributed by atoms with Gasteiger partial charge in [-0.2, -0.15) is 0 Å². The molecule has 1 heterocycles. The van der Waals surface area contributed by atoms with Crippen LogP contribution in [0.5, 0.6) is 0 Å². The minimum absolute atomic E-state index is 0.0235. The highest BCUT2D eigenvalue weighted by Crippen LogP contribution is 2.14. The number of para-hydroxylation sites is 1. The number of guanidine groups is 1. The number of aromatic nitrogens is 1. The average Bonchev–Trinajstić information content (AvgIpc) is 2.51. The van der Waals surface area contributed by atoms with E-state index >= 15 is 0 Å². The normalized spacial score (nSPS) is 10.5. The summed E-state index contributed by atoms with van der Waals surface area (Å²) in [4.78, 5) is 12.2. The van der Waals surface area contributed by atoms with E-state index < -0.39 is 0 Å². The van der Waals surface area contributed by atoms with Crippen LogP contribution in [0.2, 0.25) is 0 Å². The van der Waals surface area contributed by atoms with Gasteiger partial charge in [-0.15, -0.1) is 0 Å². The number of nitrogens with one attached hydrogen (secondary N) is 2. The molecule has 0 radical (unpaired) electrons. The summed E-state index contributed by atoms with van der Waals surface area (Å²) >= 11 is 0. The van der Waals surface area contributed by atoms with Crippen LogP contribution in [0.15, 0.2) is 65.5 Å². The van der Waals surface area contributed by atoms with Crippen LogP contribution in [-0.2, 0) is 6.54 Å². The van der Waals surface area contributed by atoms with Gasteiger partial charge < -0.3 is 15.6 Å². The molecule has 0 saturated carbocycles. The van der Waals surface area contributed by atoms with Crippen LogP contribution < -0.4 is 16.6 Å². The van der Waals surface area contributed by atoms with Crippen molar-refractivity contribution in [3.8, 4) is 0 Å². The zero-order valence-corrected chi connectivity index (χ0v) is 11.9. The zero-order valence-electron chi connectivity index (χ0n) is 11.9. The Balaban J connectivity index is 1.95. The minimum atomic E-state index is -0.0991. The maximum Gasteiger partial charge on any atom is 0.251 e. The SMILES string of the molecule is N=C(N)Nc1ccc(Cn2c(=O)ccc3ccccc32)cc1. The van der Waals surface area contributed by atoms with Crippen molar-refractivity contribution in [2.24, 2.45) is 5.73 Å². The molecule has 0 fully saturated rings. The number of pyridine rings is 1. The molecule has 3 rings (SSSR count). The average molecular weight is 292 g/mol. The summed E-state index contributed by atoms with van der Waals surface area (Å²) in [7, 11) is 0. The molecular weight excluding hydrogens is 276 g/mol. The Bertz CT molecular complexity index is 881. The first-order valence-corrected chi connectivity index (χ1v) is 6.92. The van der Waals surface area contributed by atoms with Gasteiger partial charge in [0.05, 0.1) is 12.1 Å². The van der Waals surface area contributed by atoms with Crippen molar-refractivity contribution in [3.05, 3.63) is 76.6 Å². The second kappa shape index (κ2) is 5.73. The van der Waals surface area contributed by atoms with Crippen molar-refractivity contribution in [2.75, 3.05) is 5.32 Å². The fourth-order valence-electron chi connectivity index (χ4n) is 2.44. The quantitative estimate of drug-likeness (QED) is 0.512. The highest BCUT2D eigenvalue weighted by molar-refractivity contribution is 5.89. The molecule has 5 nitrogen and oxygen atoms in total. The molecule has 0 aliphatic heterocycles. The van der Waals surface area contributed by atoms with E-state index in [0.29, 0.717) is 6.54 Å². The van der Waals surface area contributed by atoms with Gasteiger partial charge in [-0.25, -0.2) is 0 Å². The van der Waals surface area contributed by atoms with Gasteiger partial charge in [0, 0.05) is 11.8 Å². The van der Waals surface area contributed by atoms with E-state index in [1.54, 1.807) is 10.6 Å². The van der Waals surface area contributed by atoms with Crippen molar-refractivity contribution in [3.63, 3.8) is 0 Å². The van der Waals surface area contributed by atoms with E-state index in [1.165, 1.54) is 0 Å². The Hall–Kier alpha value is -3.08. The van der Waals surface area contributed by atoms with Crippen molar-refractivity contribution >= 4 is 22.5 Å². The van der Waals surface area contributed by atoms with Crippen molar-refractivity contribution < 1.29 is 0 Å². The number of hydrogen-bond donors (Lipinski definition) is 3. The number of anilines is 1. The van der Waals surface area contributed by atoms with E-state index in [1.807, 2.05) is 54.6 Å². The van der Waals surface area contributed by atoms with E-state index in [-0.39, 0.29) is 11.5 Å². The molecule has 4 N–H and O–H groups in total. The minimum Gasteiger partial charge on any atom is -0.370 e. The van der Waals surface area contributed by atoms with Crippen molar-refractivity contribution in [1.29, 1.82) is 5.41 Å². The lowest BCUT2D eigenvalue weighted by Gasteiger charge is -2.11. The Morgan fingerprint density at radius 1 is 1.05 bits per heavy atom. The van der Waals surface area contributed by atoms with Gasteiger partial charge in [-0.3, -0.25) is 10.2 Å². The summed E-state index contributed by atoms with van der Waals surface area (Å²) in [5, 5.41) is 11.0. The predicted octanol–water partition coefficient (Wildman–Crippen LogP) is 2.36. The van der Waals surface area contributed by atoms with E-state index in [9.17, 15) is 4.79 Å². The smallest absolute Gasteiger partial charge is 0.251 e. The van der Waals surface area contributed by atoms with Crippen molar-refractivity contribution in [1.82, 2.24) is 4.57 Å². The monoisotopic (exact) mass is 292 g/mol. The van der Waals surface area contributed by atoms with Crippen molar-refractivity contribution in [2.45, 2.75) is 6.54 Å². The van der Waals surface area contributed by atoms with Gasteiger partial charge >= 0.3 is 0 Å². The summed E-state index contributed by atoms with van der Waals surface area (Å²) < 4.78 is 1.75. The first kappa shape index (κ1) is 13.9. The molecule has 3 aromatic rings. The summed E-state index contributed by atoms with van der Waals surface area (Å²) in [6.45, 7) is 0.501. The van der Waals surface area contributed by atoms with Crippen LogP contribution in [0, 0.1) is 5.41 Å². The second-order valence-corrected chi connectivity index (χ2v) is 5.05. The molecular formula is C17H16N4O. The molecule has 0 bridgehead atoms. The maximum atomic E-state index is 12.2. The molecule has 0 aliphatic rings. The molecule has 22 heavy (non-hydrogen) atoms. The fourth-order valence-corrected chi connectivity index (χ4v) is 2.44. The highest BCUT2D eigenvalue weighted by Gasteiger charge is 2.04. The molecule has 0 spiro atoms. The van der Waals surface area contributed by atoms with Crippen LogP contribution in [0.3, 0.4) is 0 Å². The number of fused-ring (bicyclic) bond motifs is 1. The van der Waals surface area contributed by atoms with Crippen LogP contribution in [-0.4, -0.2) is 10.5 Å². The standard InChI is InChI=1S/C17H16N4O/c18-17(19)20-14-8-5-12(6-9-14)11-21-15-4-2-1-3-13(15)7-10-16(21)22/h1-10H,11H2,(H4,18,19,20). The third-order valence-electron chi connectivity index (χ3n) is 3.47. The lowest BCUT2D eigenvalue weighted by molar-refractivity contribution is 0.795. The first-order chi connectivity index (χ1) is 10.6. The van der Waals surface area contributed by atoms with E-state index in [4.69, 9.17) is 11.1 Å². The summed E-state index contributed by atoms with van der Waals surface area (Å²) in [5.74, 6) is -0.0991. The third kappa shape index (κ3) is 2.83. The predicted molar refractivity (Wildman–Crippen MR) is 89.3 cm³/mol. The van der Waals surface area contributed by atoms with Crippen LogP contribution >= 0.6 is 0 Å². The van der Waals surface area contributed by atoms with Gasteiger partial charge in [-0.1, -0.05) is 30.3 Å². The second-order valence-electron chi connectivity index (χ2n) is 5.05. The Morgan fingerprint density at radius 3 is 2.50 bits per heavy atom. The van der Waals surface area contributed by atoms with E-state index in [0.717, 1.165) is 22.2 Å². The molecule has 0 unspecified atom stereocenters. The Kier molecular flexibility index (Phi) is 3.62. The van der Waals surface area contributed by atoms with Gasteiger partial charge in [0.25, 0.3) is 5.56 Å². The van der Waals surface area contributed by atoms with Crippen LogP contribution in [0.1, 0.15) is 5.56 Å². The number of hydrogen-bond acceptors (Lipinski definition) is 2. The van der Waals surface area contributed by atoms with Gasteiger partial charge in [0.15, 0.2) is 5.96 Å². The molecule has 2 aromatic carbocycles. The van der Waals surface area contributed by atoms with Gasteiger partial charge in [-0.05, 0) is 35.2 Å². The van der Waals surface area contributed by atoms with Gasteiger partial charge in [0.1, 0.15) is 0 Å². The molecule has 0 atom stereocenters. The Labute approximate surface area is 127 Å². The van der Waals surface area contributed by atoms with Gasteiger partial charge in [0.2, 0.25) is 0 Å². The summed E-state index contributed by atoms with van der Waals surface area (Å²) in [6.07, 6.45) is 0. The molecule has 110 valence electrons.